The van der Waals surface area contributed by atoms with Crippen molar-refractivity contribution in [3.63, 3.8) is 0 Å². The number of aromatic nitrogens is 4. The molecule has 3 heterocycles. The van der Waals surface area contributed by atoms with Crippen LogP contribution >= 0.6 is 0 Å². The van der Waals surface area contributed by atoms with Crippen LogP contribution in [0.25, 0.3) is 11.2 Å². The van der Waals surface area contributed by atoms with Crippen LogP contribution in [0, 0.1) is 5.92 Å². The van der Waals surface area contributed by atoms with Crippen LogP contribution in [0.15, 0.2) is 17.4 Å². The lowest BCUT2D eigenvalue weighted by molar-refractivity contribution is -0.196. The van der Waals surface area contributed by atoms with Crippen LogP contribution in [-0.4, -0.2) is 60.3 Å². The van der Waals surface area contributed by atoms with Crippen molar-refractivity contribution in [1.29, 1.82) is 0 Å². The summed E-state index contributed by atoms with van der Waals surface area (Å²) in [6.07, 6.45) is -0.734. The standard InChI is InChI=1S/C11H14N4O5/c16-1-5-2-20-11(8(18)7(5)17)15-4-14-6-9(15)12-3-13-10(6)19/h3-5,7-8,11,16-18H,1-2H2,(H,12,13,19). The Hall–Kier alpha value is -1.81. The first-order valence-corrected chi connectivity index (χ1v) is 6.12. The zero-order chi connectivity index (χ0) is 14.3. The Labute approximate surface area is 112 Å². The minimum atomic E-state index is -1.25. The highest BCUT2D eigenvalue weighted by molar-refractivity contribution is 5.68. The van der Waals surface area contributed by atoms with E-state index in [0.717, 1.165) is 0 Å². The Kier molecular flexibility index (Phi) is 3.26. The molecule has 4 unspecified atom stereocenters. The van der Waals surface area contributed by atoms with Gasteiger partial charge in [-0.3, -0.25) is 9.36 Å². The maximum absolute atomic E-state index is 11.6. The van der Waals surface area contributed by atoms with Gasteiger partial charge in [0.2, 0.25) is 0 Å². The van der Waals surface area contributed by atoms with E-state index in [1.54, 1.807) is 0 Å². The topological polar surface area (TPSA) is 133 Å². The number of H-pyrrole nitrogens is 1. The molecule has 1 aliphatic rings. The smallest absolute Gasteiger partial charge is 0.278 e. The molecule has 0 bridgehead atoms. The summed E-state index contributed by atoms with van der Waals surface area (Å²) in [5.74, 6) is -0.549. The molecule has 0 spiro atoms. The summed E-state index contributed by atoms with van der Waals surface area (Å²) in [5, 5.41) is 29.1. The van der Waals surface area contributed by atoms with Gasteiger partial charge in [0.15, 0.2) is 17.4 Å². The second-order valence-electron chi connectivity index (χ2n) is 4.70. The molecule has 0 saturated carbocycles. The largest absolute Gasteiger partial charge is 0.396 e. The van der Waals surface area contributed by atoms with Crippen LogP contribution in [0.4, 0.5) is 0 Å². The summed E-state index contributed by atoms with van der Waals surface area (Å²) >= 11 is 0. The van der Waals surface area contributed by atoms with E-state index in [4.69, 9.17) is 9.84 Å². The number of rotatable bonds is 2. The Morgan fingerprint density at radius 2 is 2.20 bits per heavy atom. The monoisotopic (exact) mass is 282 g/mol. The summed E-state index contributed by atoms with van der Waals surface area (Å²) in [4.78, 5) is 21.9. The van der Waals surface area contributed by atoms with Gasteiger partial charge in [-0.15, -0.1) is 0 Å². The van der Waals surface area contributed by atoms with E-state index in [2.05, 4.69) is 15.0 Å². The van der Waals surface area contributed by atoms with Gasteiger partial charge in [-0.1, -0.05) is 0 Å². The maximum atomic E-state index is 11.6. The van der Waals surface area contributed by atoms with Crippen molar-refractivity contribution in [2.45, 2.75) is 18.4 Å². The molecule has 2 aromatic heterocycles. The predicted octanol–water partition coefficient (Wildman–Crippen LogP) is -2.02. The highest BCUT2D eigenvalue weighted by atomic mass is 16.5. The molecule has 20 heavy (non-hydrogen) atoms. The lowest BCUT2D eigenvalue weighted by atomic mass is 9.95. The number of aliphatic hydroxyl groups excluding tert-OH is 3. The van der Waals surface area contributed by atoms with Gasteiger partial charge in [0.25, 0.3) is 5.56 Å². The van der Waals surface area contributed by atoms with E-state index in [-0.39, 0.29) is 24.4 Å². The third-order valence-corrected chi connectivity index (χ3v) is 3.48. The van der Waals surface area contributed by atoms with Crippen LogP contribution in [0.5, 0.6) is 0 Å². The Balaban J connectivity index is 2.00. The number of hydrogen-bond donors (Lipinski definition) is 4. The number of imidazole rings is 1. The predicted molar refractivity (Wildman–Crippen MR) is 65.7 cm³/mol. The second-order valence-corrected chi connectivity index (χ2v) is 4.70. The second kappa shape index (κ2) is 4.94. The molecule has 4 atom stereocenters. The molecular weight excluding hydrogens is 268 g/mol. The molecule has 0 aliphatic carbocycles. The molecule has 2 aromatic rings. The van der Waals surface area contributed by atoms with Crippen molar-refractivity contribution >= 4 is 11.2 Å². The van der Waals surface area contributed by atoms with Crippen molar-refractivity contribution in [2.24, 2.45) is 5.92 Å². The highest BCUT2D eigenvalue weighted by Crippen LogP contribution is 2.28. The van der Waals surface area contributed by atoms with Crippen LogP contribution in [0.3, 0.4) is 0 Å². The van der Waals surface area contributed by atoms with Crippen molar-refractivity contribution in [2.75, 3.05) is 13.2 Å². The van der Waals surface area contributed by atoms with Gasteiger partial charge < -0.3 is 25.0 Å². The third kappa shape index (κ3) is 1.91. The first-order chi connectivity index (χ1) is 9.63. The number of nitrogens with one attached hydrogen (secondary N) is 1. The minimum absolute atomic E-state index is 0.0856. The highest BCUT2D eigenvalue weighted by Gasteiger charge is 2.39. The number of aromatic amines is 1. The van der Waals surface area contributed by atoms with Crippen LogP contribution in [0.2, 0.25) is 0 Å². The van der Waals surface area contributed by atoms with E-state index in [0.29, 0.717) is 0 Å². The fourth-order valence-electron chi connectivity index (χ4n) is 2.32. The minimum Gasteiger partial charge on any atom is -0.396 e. The zero-order valence-electron chi connectivity index (χ0n) is 10.4. The Morgan fingerprint density at radius 1 is 1.40 bits per heavy atom. The molecule has 3 rings (SSSR count). The van der Waals surface area contributed by atoms with E-state index in [1.165, 1.54) is 17.2 Å². The number of nitrogens with zero attached hydrogens (tertiary/aromatic N) is 3. The van der Waals surface area contributed by atoms with Gasteiger partial charge >= 0.3 is 0 Å². The molecule has 1 fully saturated rings. The van der Waals surface area contributed by atoms with Gasteiger partial charge in [0.1, 0.15) is 6.10 Å². The summed E-state index contributed by atoms with van der Waals surface area (Å²) in [5.41, 5.74) is -0.0117. The van der Waals surface area contributed by atoms with Crippen molar-refractivity contribution in [3.8, 4) is 0 Å². The lowest BCUT2D eigenvalue weighted by Crippen LogP contribution is -2.48. The summed E-state index contributed by atoms with van der Waals surface area (Å²) in [6.45, 7) is -0.199. The van der Waals surface area contributed by atoms with E-state index < -0.39 is 29.9 Å². The lowest BCUT2D eigenvalue weighted by Gasteiger charge is -2.37. The number of aliphatic hydroxyl groups is 3. The number of ether oxygens (including phenoxy) is 1. The van der Waals surface area contributed by atoms with Crippen LogP contribution in [-0.2, 0) is 4.74 Å². The van der Waals surface area contributed by atoms with Crippen molar-refractivity contribution in [3.05, 3.63) is 23.0 Å². The molecule has 1 aliphatic heterocycles. The molecule has 0 amide bonds. The van der Waals surface area contributed by atoms with Crippen molar-refractivity contribution in [1.82, 2.24) is 19.5 Å². The van der Waals surface area contributed by atoms with E-state index >= 15 is 0 Å². The maximum Gasteiger partial charge on any atom is 0.278 e. The SMILES string of the molecule is O=c1[nH]cnc2c1ncn2C1OCC(CO)C(O)C1O. The zero-order valence-corrected chi connectivity index (χ0v) is 10.4. The molecule has 9 nitrogen and oxygen atoms in total. The normalized spacial score (nSPS) is 30.8. The van der Waals surface area contributed by atoms with Crippen LogP contribution in [0.1, 0.15) is 6.23 Å². The fourth-order valence-corrected chi connectivity index (χ4v) is 2.32. The fraction of sp³-hybridized carbons (Fsp3) is 0.545. The van der Waals surface area contributed by atoms with Crippen molar-refractivity contribution < 1.29 is 20.1 Å². The van der Waals surface area contributed by atoms with Gasteiger partial charge in [-0.25, -0.2) is 9.97 Å². The number of fused-ring (bicyclic) bond motifs is 1. The Morgan fingerprint density at radius 3 is 2.95 bits per heavy atom. The van der Waals surface area contributed by atoms with E-state index in [1.807, 2.05) is 0 Å². The van der Waals surface area contributed by atoms with Gasteiger partial charge in [-0.2, -0.15) is 0 Å². The van der Waals surface area contributed by atoms with Gasteiger partial charge in [-0.05, 0) is 0 Å². The van der Waals surface area contributed by atoms with Gasteiger partial charge in [0, 0.05) is 5.92 Å². The van der Waals surface area contributed by atoms with Gasteiger partial charge in [0.05, 0.1) is 32.0 Å². The number of hydrogen-bond acceptors (Lipinski definition) is 7. The third-order valence-electron chi connectivity index (χ3n) is 3.48. The molecule has 9 heteroatoms. The summed E-state index contributed by atoms with van der Waals surface area (Å²) < 4.78 is 6.85. The Bertz CT molecular complexity index is 668. The average Bonchev–Trinajstić information content (AvgIpc) is 2.87. The molecule has 0 radical (unpaired) electrons. The molecule has 1 saturated heterocycles. The molecule has 4 N–H and O–H groups in total. The first-order valence-electron chi connectivity index (χ1n) is 6.12. The average molecular weight is 282 g/mol. The summed E-state index contributed by atoms with van der Waals surface area (Å²) in [6, 6.07) is 0. The van der Waals surface area contributed by atoms with Crippen LogP contribution < -0.4 is 5.56 Å². The van der Waals surface area contributed by atoms with E-state index in [9.17, 15) is 15.0 Å². The molecular formula is C11H14N4O5. The molecule has 108 valence electrons. The first kappa shape index (κ1) is 13.2. The molecule has 0 aromatic carbocycles. The quantitative estimate of drug-likeness (QED) is 0.499. The summed E-state index contributed by atoms with van der Waals surface area (Å²) in [7, 11) is 0.